The van der Waals surface area contributed by atoms with Crippen LogP contribution in [0.5, 0.6) is 0 Å². The molecular weight excluding hydrogens is 258 g/mol. The topological polar surface area (TPSA) is 40.7 Å². The second kappa shape index (κ2) is 5.83. The third-order valence-electron chi connectivity index (χ3n) is 3.60. The standard InChI is InChI=1S/C18H19N3/c1-13-14(2)21-18(20-13)16-9-6-10-17(11-16)19-12-15-7-4-3-5-8-15/h3-11,19H,12H2,1-2H3,(H,20,21). The van der Waals surface area contributed by atoms with Gasteiger partial charge in [0.15, 0.2) is 0 Å². The number of hydrogen-bond acceptors (Lipinski definition) is 2. The van der Waals surface area contributed by atoms with Crippen LogP contribution in [0.25, 0.3) is 11.4 Å². The van der Waals surface area contributed by atoms with Gasteiger partial charge in [-0.15, -0.1) is 0 Å². The van der Waals surface area contributed by atoms with E-state index in [1.54, 1.807) is 0 Å². The van der Waals surface area contributed by atoms with Gasteiger partial charge in [0.05, 0.1) is 5.69 Å². The average Bonchev–Trinajstić information content (AvgIpc) is 2.86. The largest absolute Gasteiger partial charge is 0.381 e. The molecule has 0 aliphatic carbocycles. The smallest absolute Gasteiger partial charge is 0.137 e. The summed E-state index contributed by atoms with van der Waals surface area (Å²) >= 11 is 0. The molecule has 0 bridgehead atoms. The first kappa shape index (κ1) is 13.4. The summed E-state index contributed by atoms with van der Waals surface area (Å²) in [6, 6.07) is 18.7. The molecule has 2 N–H and O–H groups in total. The number of rotatable bonds is 4. The summed E-state index contributed by atoms with van der Waals surface area (Å²) < 4.78 is 0. The second-order valence-electron chi connectivity index (χ2n) is 5.22. The van der Waals surface area contributed by atoms with Crippen molar-refractivity contribution < 1.29 is 0 Å². The number of benzene rings is 2. The van der Waals surface area contributed by atoms with Crippen LogP contribution in [0.15, 0.2) is 54.6 Å². The Kier molecular flexibility index (Phi) is 3.73. The van der Waals surface area contributed by atoms with E-state index in [4.69, 9.17) is 0 Å². The van der Waals surface area contributed by atoms with Gasteiger partial charge in [-0.1, -0.05) is 42.5 Å². The fraction of sp³-hybridized carbons (Fsp3) is 0.167. The van der Waals surface area contributed by atoms with Crippen molar-refractivity contribution in [3.63, 3.8) is 0 Å². The van der Waals surface area contributed by atoms with Crippen LogP contribution in [0.1, 0.15) is 17.0 Å². The molecule has 0 aliphatic rings. The Morgan fingerprint density at radius 3 is 2.52 bits per heavy atom. The summed E-state index contributed by atoms with van der Waals surface area (Å²) in [7, 11) is 0. The number of aryl methyl sites for hydroxylation is 2. The first-order valence-electron chi connectivity index (χ1n) is 7.14. The monoisotopic (exact) mass is 277 g/mol. The normalized spacial score (nSPS) is 10.6. The molecule has 0 unspecified atom stereocenters. The SMILES string of the molecule is Cc1nc(-c2cccc(NCc3ccccc3)c2)[nH]c1C. The maximum atomic E-state index is 4.56. The second-order valence-corrected chi connectivity index (χ2v) is 5.22. The maximum absolute atomic E-state index is 4.56. The Morgan fingerprint density at radius 2 is 1.81 bits per heavy atom. The summed E-state index contributed by atoms with van der Waals surface area (Å²) in [5.41, 5.74) is 5.64. The van der Waals surface area contributed by atoms with Crippen LogP contribution in [0, 0.1) is 13.8 Å². The minimum absolute atomic E-state index is 0.820. The fourth-order valence-corrected chi connectivity index (χ4v) is 2.26. The molecule has 3 heteroatoms. The van der Waals surface area contributed by atoms with Crippen molar-refractivity contribution in [3.8, 4) is 11.4 Å². The van der Waals surface area contributed by atoms with Crippen LogP contribution in [-0.2, 0) is 6.54 Å². The molecule has 0 fully saturated rings. The van der Waals surface area contributed by atoms with Crippen LogP contribution < -0.4 is 5.32 Å². The van der Waals surface area contributed by atoms with E-state index in [1.807, 2.05) is 19.9 Å². The van der Waals surface area contributed by atoms with Gasteiger partial charge in [0.25, 0.3) is 0 Å². The number of H-pyrrole nitrogens is 1. The molecule has 3 aromatic rings. The van der Waals surface area contributed by atoms with Crippen molar-refractivity contribution in [2.24, 2.45) is 0 Å². The summed E-state index contributed by atoms with van der Waals surface area (Å²) in [5, 5.41) is 3.45. The summed E-state index contributed by atoms with van der Waals surface area (Å²) in [6.07, 6.45) is 0. The van der Waals surface area contributed by atoms with Gasteiger partial charge >= 0.3 is 0 Å². The Labute approximate surface area is 125 Å². The molecule has 0 saturated heterocycles. The summed E-state index contributed by atoms with van der Waals surface area (Å²) in [4.78, 5) is 7.88. The Bertz CT molecular complexity index is 710. The van der Waals surface area contributed by atoms with Crippen molar-refractivity contribution in [3.05, 3.63) is 71.5 Å². The lowest BCUT2D eigenvalue weighted by molar-refractivity contribution is 1.15. The predicted octanol–water partition coefficient (Wildman–Crippen LogP) is 4.31. The number of aromatic amines is 1. The average molecular weight is 277 g/mol. The van der Waals surface area contributed by atoms with Gasteiger partial charge in [-0.2, -0.15) is 0 Å². The lowest BCUT2D eigenvalue weighted by Gasteiger charge is -2.07. The van der Waals surface area contributed by atoms with E-state index in [0.717, 1.165) is 35.0 Å². The van der Waals surface area contributed by atoms with Crippen molar-refractivity contribution in [1.29, 1.82) is 0 Å². The molecule has 0 spiro atoms. The predicted molar refractivity (Wildman–Crippen MR) is 87.3 cm³/mol. The molecular formula is C18H19N3. The highest BCUT2D eigenvalue weighted by molar-refractivity contribution is 5.63. The number of anilines is 1. The van der Waals surface area contributed by atoms with Crippen molar-refractivity contribution in [2.45, 2.75) is 20.4 Å². The van der Waals surface area contributed by atoms with Crippen LogP contribution in [0.2, 0.25) is 0 Å². The van der Waals surface area contributed by atoms with Crippen LogP contribution >= 0.6 is 0 Å². The number of nitrogens with one attached hydrogen (secondary N) is 2. The molecule has 2 aromatic carbocycles. The van der Waals surface area contributed by atoms with Gasteiger partial charge < -0.3 is 10.3 Å². The number of nitrogens with zero attached hydrogens (tertiary/aromatic N) is 1. The van der Waals surface area contributed by atoms with E-state index in [9.17, 15) is 0 Å². The van der Waals surface area contributed by atoms with E-state index in [-0.39, 0.29) is 0 Å². The van der Waals surface area contributed by atoms with E-state index in [0.29, 0.717) is 0 Å². The lowest BCUT2D eigenvalue weighted by Crippen LogP contribution is -1.99. The quantitative estimate of drug-likeness (QED) is 0.746. The highest BCUT2D eigenvalue weighted by Gasteiger charge is 2.05. The molecule has 1 aromatic heterocycles. The third-order valence-corrected chi connectivity index (χ3v) is 3.60. The fourth-order valence-electron chi connectivity index (χ4n) is 2.26. The Balaban J connectivity index is 1.77. The van der Waals surface area contributed by atoms with Crippen molar-refractivity contribution in [1.82, 2.24) is 9.97 Å². The minimum Gasteiger partial charge on any atom is -0.381 e. The molecule has 106 valence electrons. The van der Waals surface area contributed by atoms with Gasteiger partial charge in [0.1, 0.15) is 5.82 Å². The van der Waals surface area contributed by atoms with Crippen molar-refractivity contribution >= 4 is 5.69 Å². The van der Waals surface area contributed by atoms with E-state index in [2.05, 4.69) is 63.8 Å². The zero-order valence-corrected chi connectivity index (χ0v) is 12.4. The van der Waals surface area contributed by atoms with Gasteiger partial charge in [0.2, 0.25) is 0 Å². The van der Waals surface area contributed by atoms with Gasteiger partial charge in [-0.3, -0.25) is 0 Å². The number of aromatic nitrogens is 2. The molecule has 21 heavy (non-hydrogen) atoms. The molecule has 0 radical (unpaired) electrons. The third kappa shape index (κ3) is 3.14. The molecule has 3 nitrogen and oxygen atoms in total. The van der Waals surface area contributed by atoms with Crippen LogP contribution in [0.4, 0.5) is 5.69 Å². The van der Waals surface area contributed by atoms with Gasteiger partial charge in [0, 0.05) is 23.5 Å². The lowest BCUT2D eigenvalue weighted by atomic mass is 10.1. The highest BCUT2D eigenvalue weighted by atomic mass is 14.9. The Hall–Kier alpha value is -2.55. The maximum Gasteiger partial charge on any atom is 0.137 e. The molecule has 0 aliphatic heterocycles. The first-order chi connectivity index (χ1) is 10.2. The van der Waals surface area contributed by atoms with E-state index in [1.165, 1.54) is 5.56 Å². The molecule has 0 amide bonds. The number of hydrogen-bond donors (Lipinski definition) is 2. The van der Waals surface area contributed by atoms with Crippen LogP contribution in [-0.4, -0.2) is 9.97 Å². The Morgan fingerprint density at radius 1 is 1.00 bits per heavy atom. The van der Waals surface area contributed by atoms with E-state index >= 15 is 0 Å². The zero-order chi connectivity index (χ0) is 14.7. The van der Waals surface area contributed by atoms with Crippen LogP contribution in [0.3, 0.4) is 0 Å². The van der Waals surface area contributed by atoms with E-state index < -0.39 is 0 Å². The molecule has 1 heterocycles. The number of imidazole rings is 1. The molecule has 0 atom stereocenters. The van der Waals surface area contributed by atoms with Gasteiger partial charge in [-0.25, -0.2) is 4.98 Å². The first-order valence-corrected chi connectivity index (χ1v) is 7.14. The summed E-state index contributed by atoms with van der Waals surface area (Å²) in [5.74, 6) is 0.924. The molecule has 0 saturated carbocycles. The minimum atomic E-state index is 0.820. The zero-order valence-electron chi connectivity index (χ0n) is 12.4. The summed E-state index contributed by atoms with van der Waals surface area (Å²) in [6.45, 7) is 4.89. The highest BCUT2D eigenvalue weighted by Crippen LogP contribution is 2.21. The van der Waals surface area contributed by atoms with Crippen molar-refractivity contribution in [2.75, 3.05) is 5.32 Å². The molecule has 3 rings (SSSR count). The van der Waals surface area contributed by atoms with Gasteiger partial charge in [-0.05, 0) is 31.5 Å².